The molecule has 2 atom stereocenters. The van der Waals surface area contributed by atoms with Crippen LogP contribution in [0.5, 0.6) is 17.2 Å². The summed E-state index contributed by atoms with van der Waals surface area (Å²) in [6, 6.07) is 20.8. The highest BCUT2D eigenvalue weighted by Crippen LogP contribution is 2.57. The third-order valence-corrected chi connectivity index (χ3v) is 7.71. The summed E-state index contributed by atoms with van der Waals surface area (Å²) >= 11 is 0. The van der Waals surface area contributed by atoms with Gasteiger partial charge in [-0.1, -0.05) is 42.8 Å². The van der Waals surface area contributed by atoms with Crippen molar-refractivity contribution in [3.8, 4) is 17.2 Å². The summed E-state index contributed by atoms with van der Waals surface area (Å²) in [5.41, 5.74) is -0.268. The van der Waals surface area contributed by atoms with Gasteiger partial charge in [-0.25, -0.2) is 4.57 Å². The summed E-state index contributed by atoms with van der Waals surface area (Å²) in [5.74, 6) is 1.10. The Morgan fingerprint density at radius 2 is 1.56 bits per heavy atom. The summed E-state index contributed by atoms with van der Waals surface area (Å²) in [6.45, 7) is 0. The summed E-state index contributed by atoms with van der Waals surface area (Å²) < 4.78 is 31.3. The first kappa shape index (κ1) is 21.9. The molecule has 2 unspecified atom stereocenters. The molecule has 1 aliphatic rings. The minimum atomic E-state index is -3.69. The Balaban J connectivity index is 1.59. The largest absolute Gasteiger partial charge is 0.497 e. The number of benzene rings is 2. The van der Waals surface area contributed by atoms with Crippen LogP contribution in [-0.4, -0.2) is 29.7 Å². The molecule has 8 heteroatoms. The van der Waals surface area contributed by atoms with E-state index < -0.39 is 13.3 Å². The molecule has 0 saturated heterocycles. The van der Waals surface area contributed by atoms with Crippen LogP contribution in [-0.2, 0) is 4.57 Å². The zero-order valence-corrected chi connectivity index (χ0v) is 18.6. The van der Waals surface area contributed by atoms with E-state index in [2.05, 4.69) is 10.3 Å². The molecule has 1 amide bonds. The number of carbonyl (C=O) groups is 1. The lowest BCUT2D eigenvalue weighted by Gasteiger charge is -2.29. The molecule has 7 nitrogen and oxygen atoms in total. The third-order valence-electron chi connectivity index (χ3n) is 5.35. The molecule has 0 bridgehead atoms. The van der Waals surface area contributed by atoms with Crippen LogP contribution >= 0.6 is 7.60 Å². The molecule has 1 heterocycles. The minimum absolute atomic E-state index is 0.234. The monoisotopic (exact) mass is 452 g/mol. The van der Waals surface area contributed by atoms with Crippen molar-refractivity contribution < 1.29 is 23.1 Å². The molecule has 3 aromatic rings. The highest BCUT2D eigenvalue weighted by Gasteiger charge is 2.47. The molecular weight excluding hydrogens is 427 g/mol. The van der Waals surface area contributed by atoms with E-state index >= 15 is 0 Å². The second kappa shape index (κ2) is 9.88. The molecule has 1 fully saturated rings. The topological polar surface area (TPSA) is 86.8 Å². The van der Waals surface area contributed by atoms with Crippen LogP contribution in [0.1, 0.15) is 29.8 Å². The van der Waals surface area contributed by atoms with Crippen molar-refractivity contribution in [2.75, 3.05) is 7.11 Å². The van der Waals surface area contributed by atoms with Gasteiger partial charge in [0.05, 0.1) is 7.11 Å². The fraction of sp³-hybridized carbons (Fsp3) is 0.250. The van der Waals surface area contributed by atoms with Crippen molar-refractivity contribution in [3.05, 3.63) is 84.7 Å². The number of amides is 1. The first-order valence-corrected chi connectivity index (χ1v) is 12.1. The van der Waals surface area contributed by atoms with Gasteiger partial charge in [0.2, 0.25) is 0 Å². The average molecular weight is 452 g/mol. The second-order valence-electron chi connectivity index (χ2n) is 7.51. The molecule has 0 radical (unpaired) electrons. The number of nitrogens with one attached hydrogen (secondary N) is 1. The van der Waals surface area contributed by atoms with Crippen LogP contribution < -0.4 is 19.1 Å². The van der Waals surface area contributed by atoms with Gasteiger partial charge in [0, 0.05) is 18.3 Å². The van der Waals surface area contributed by atoms with E-state index in [1.165, 1.54) is 13.3 Å². The van der Waals surface area contributed by atoms with Crippen molar-refractivity contribution >= 4 is 13.5 Å². The standard InChI is InChI=1S/C24H25N2O5P/c1-29-20-15-16-25-22(17-20)24(27)26-21-13-8-14-23(21)32(28,30-18-9-4-2-5-10-18)31-19-11-6-3-7-12-19/h2-7,9-12,15-17,21,23H,8,13-14H2,1H3,(H,26,27). The lowest BCUT2D eigenvalue weighted by atomic mass is 10.2. The third kappa shape index (κ3) is 5.11. The summed E-state index contributed by atoms with van der Waals surface area (Å²) in [4.78, 5) is 17.0. The van der Waals surface area contributed by atoms with Crippen LogP contribution in [0.3, 0.4) is 0 Å². The van der Waals surface area contributed by atoms with E-state index in [-0.39, 0.29) is 17.6 Å². The van der Waals surface area contributed by atoms with Gasteiger partial charge in [-0.2, -0.15) is 0 Å². The normalized spacial score (nSPS) is 18.0. The van der Waals surface area contributed by atoms with Gasteiger partial charge in [0.15, 0.2) is 0 Å². The van der Waals surface area contributed by atoms with E-state index in [9.17, 15) is 9.36 Å². The number of ether oxygens (including phenoxy) is 1. The number of para-hydroxylation sites is 2. The zero-order valence-electron chi connectivity index (χ0n) is 17.7. The molecule has 1 aromatic heterocycles. The van der Waals surface area contributed by atoms with Gasteiger partial charge >= 0.3 is 7.60 Å². The van der Waals surface area contributed by atoms with Crippen molar-refractivity contribution in [2.24, 2.45) is 0 Å². The van der Waals surface area contributed by atoms with E-state index in [1.807, 2.05) is 36.4 Å². The zero-order chi connectivity index (χ0) is 22.4. The Labute approximate surface area is 187 Å². The van der Waals surface area contributed by atoms with Crippen LogP contribution in [0, 0.1) is 0 Å². The van der Waals surface area contributed by atoms with Gasteiger partial charge in [-0.15, -0.1) is 0 Å². The number of hydrogen-bond donors (Lipinski definition) is 1. The predicted molar refractivity (Wildman–Crippen MR) is 121 cm³/mol. The Hall–Kier alpha value is -3.31. The van der Waals surface area contributed by atoms with Gasteiger partial charge in [-0.05, 0) is 43.2 Å². The van der Waals surface area contributed by atoms with Crippen LogP contribution in [0.4, 0.5) is 0 Å². The molecule has 0 aliphatic heterocycles. The number of aromatic nitrogens is 1. The summed E-state index contributed by atoms with van der Waals surface area (Å²) in [7, 11) is -2.16. The molecular formula is C24H25N2O5P. The van der Waals surface area contributed by atoms with Crippen LogP contribution in [0.25, 0.3) is 0 Å². The highest BCUT2D eigenvalue weighted by atomic mass is 31.2. The van der Waals surface area contributed by atoms with E-state index in [0.29, 0.717) is 30.1 Å². The molecule has 1 aliphatic carbocycles. The quantitative estimate of drug-likeness (QED) is 0.479. The smallest absolute Gasteiger partial charge is 0.435 e. The fourth-order valence-electron chi connectivity index (χ4n) is 3.80. The van der Waals surface area contributed by atoms with Crippen molar-refractivity contribution in [2.45, 2.75) is 31.0 Å². The average Bonchev–Trinajstić information content (AvgIpc) is 3.29. The molecule has 166 valence electrons. The molecule has 32 heavy (non-hydrogen) atoms. The Kier molecular flexibility index (Phi) is 6.76. The molecule has 1 saturated carbocycles. The maximum Gasteiger partial charge on any atom is 0.435 e. The maximum absolute atomic E-state index is 14.2. The summed E-state index contributed by atoms with van der Waals surface area (Å²) in [6.07, 6.45) is 3.58. The first-order valence-electron chi connectivity index (χ1n) is 10.5. The summed E-state index contributed by atoms with van der Waals surface area (Å²) in [5, 5.41) is 2.98. The minimum Gasteiger partial charge on any atom is -0.497 e. The fourth-order valence-corrected chi connectivity index (χ4v) is 6.10. The van der Waals surface area contributed by atoms with Crippen molar-refractivity contribution in [1.82, 2.24) is 10.3 Å². The SMILES string of the molecule is COc1ccnc(C(=O)NC2CCCC2P(=O)(Oc2ccccc2)Oc2ccccc2)c1. The lowest BCUT2D eigenvalue weighted by molar-refractivity contribution is 0.0932. The number of hydrogen-bond acceptors (Lipinski definition) is 6. The van der Waals surface area contributed by atoms with Crippen LogP contribution in [0.2, 0.25) is 0 Å². The Bertz CT molecular complexity index is 1050. The van der Waals surface area contributed by atoms with E-state index in [1.54, 1.807) is 36.4 Å². The van der Waals surface area contributed by atoms with E-state index in [4.69, 9.17) is 13.8 Å². The number of methoxy groups -OCH3 is 1. The maximum atomic E-state index is 14.2. The van der Waals surface area contributed by atoms with Crippen molar-refractivity contribution in [3.63, 3.8) is 0 Å². The molecule has 0 spiro atoms. The van der Waals surface area contributed by atoms with Crippen molar-refractivity contribution in [1.29, 1.82) is 0 Å². The Morgan fingerprint density at radius 1 is 0.938 bits per heavy atom. The highest BCUT2D eigenvalue weighted by molar-refractivity contribution is 7.55. The Morgan fingerprint density at radius 3 is 2.16 bits per heavy atom. The van der Waals surface area contributed by atoms with E-state index in [0.717, 1.165) is 6.42 Å². The molecule has 1 N–H and O–H groups in total. The number of rotatable bonds is 8. The molecule has 4 rings (SSSR count). The van der Waals surface area contributed by atoms with Crippen LogP contribution in [0.15, 0.2) is 79.0 Å². The second-order valence-corrected chi connectivity index (χ2v) is 9.62. The van der Waals surface area contributed by atoms with Gasteiger partial charge in [-0.3, -0.25) is 9.78 Å². The van der Waals surface area contributed by atoms with Gasteiger partial charge < -0.3 is 19.1 Å². The van der Waals surface area contributed by atoms with Gasteiger partial charge in [0.1, 0.15) is 28.6 Å². The number of nitrogens with zero attached hydrogens (tertiary/aromatic N) is 1. The number of pyridine rings is 1. The lowest BCUT2D eigenvalue weighted by Crippen LogP contribution is -2.41. The van der Waals surface area contributed by atoms with Gasteiger partial charge in [0.25, 0.3) is 5.91 Å². The molecule has 2 aromatic carbocycles. The first-order chi connectivity index (χ1) is 15.6. The number of carbonyl (C=O) groups excluding carboxylic acids is 1. The predicted octanol–water partition coefficient (Wildman–Crippen LogP) is 5.09.